The van der Waals surface area contributed by atoms with E-state index in [-0.39, 0.29) is 0 Å². The van der Waals surface area contributed by atoms with Gasteiger partial charge in [0.2, 0.25) is 0 Å². The van der Waals surface area contributed by atoms with Gasteiger partial charge in [0.05, 0.1) is 0 Å². The molecular formula is C15H11ClO2S. The molecule has 0 amide bonds. The number of halogens is 1. The first-order chi connectivity index (χ1) is 9.03. The van der Waals surface area contributed by atoms with E-state index >= 15 is 0 Å². The second-order valence-electron chi connectivity index (χ2n) is 4.53. The van der Waals surface area contributed by atoms with Crippen molar-refractivity contribution in [3.8, 4) is 11.1 Å². The molecular weight excluding hydrogens is 280 g/mol. The zero-order chi connectivity index (χ0) is 13.5. The average Bonchev–Trinajstić information content (AvgIpc) is 2.73. The lowest BCUT2D eigenvalue weighted by atomic mass is 10.0. The lowest BCUT2D eigenvalue weighted by molar-refractivity contribution is 0.617. The van der Waals surface area contributed by atoms with Crippen LogP contribution < -0.4 is 0 Å². The fourth-order valence-corrected chi connectivity index (χ4v) is 2.90. The normalized spacial score (nSPS) is 13.5. The minimum atomic E-state index is -3.60. The van der Waals surface area contributed by atoms with Crippen LogP contribution in [0.25, 0.3) is 17.2 Å². The molecule has 0 N–H and O–H groups in total. The molecule has 0 aliphatic heterocycles. The summed E-state index contributed by atoms with van der Waals surface area (Å²) in [4.78, 5) is 0. The van der Waals surface area contributed by atoms with Crippen LogP contribution in [0.5, 0.6) is 0 Å². The van der Waals surface area contributed by atoms with Crippen LogP contribution in [0.1, 0.15) is 16.7 Å². The summed E-state index contributed by atoms with van der Waals surface area (Å²) < 4.78 is 21.8. The lowest BCUT2D eigenvalue weighted by Gasteiger charge is -2.01. The zero-order valence-corrected chi connectivity index (χ0v) is 11.6. The predicted octanol–water partition coefficient (Wildman–Crippen LogP) is 3.80. The maximum Gasteiger partial charge on any atom is 0.254 e. The molecule has 2 aromatic rings. The molecule has 0 saturated carbocycles. The molecule has 0 bridgehead atoms. The third-order valence-corrected chi connectivity index (χ3v) is 4.01. The van der Waals surface area contributed by atoms with E-state index in [1.807, 2.05) is 30.3 Å². The van der Waals surface area contributed by atoms with Crippen LogP contribution >= 0.6 is 10.7 Å². The molecule has 2 nitrogen and oxygen atoms in total. The van der Waals surface area contributed by atoms with Gasteiger partial charge in [-0.1, -0.05) is 42.5 Å². The quantitative estimate of drug-likeness (QED) is 0.673. The van der Waals surface area contributed by atoms with Crippen molar-refractivity contribution in [1.82, 2.24) is 0 Å². The summed E-state index contributed by atoms with van der Waals surface area (Å²) >= 11 is 0. The van der Waals surface area contributed by atoms with Crippen LogP contribution in [0.2, 0.25) is 0 Å². The number of fused-ring (bicyclic) bond motifs is 3. The molecule has 0 heterocycles. The lowest BCUT2D eigenvalue weighted by Crippen LogP contribution is -1.83. The van der Waals surface area contributed by atoms with Gasteiger partial charge < -0.3 is 0 Å². The van der Waals surface area contributed by atoms with Crippen molar-refractivity contribution < 1.29 is 8.42 Å². The number of hydrogen-bond acceptors (Lipinski definition) is 2. The molecule has 19 heavy (non-hydrogen) atoms. The minimum Gasteiger partial charge on any atom is -0.208 e. The van der Waals surface area contributed by atoms with Crippen LogP contribution in [-0.4, -0.2) is 8.42 Å². The van der Waals surface area contributed by atoms with Crippen molar-refractivity contribution in [1.29, 1.82) is 0 Å². The Morgan fingerprint density at radius 2 is 1.74 bits per heavy atom. The number of hydrogen-bond donors (Lipinski definition) is 0. The molecule has 0 spiro atoms. The van der Waals surface area contributed by atoms with Crippen LogP contribution in [0, 0.1) is 0 Å². The average molecular weight is 291 g/mol. The fraction of sp³-hybridized carbons (Fsp3) is 0.0667. The maximum atomic E-state index is 10.9. The van der Waals surface area contributed by atoms with Gasteiger partial charge in [-0.15, -0.1) is 0 Å². The minimum absolute atomic E-state index is 0.843. The monoisotopic (exact) mass is 290 g/mol. The molecule has 3 rings (SSSR count). The first-order valence-electron chi connectivity index (χ1n) is 5.87. The third-order valence-electron chi connectivity index (χ3n) is 3.24. The standard InChI is InChI=1S/C15H11ClO2S/c16-19(17,18)8-7-11-5-6-15-13(9-11)10-12-3-1-2-4-14(12)15/h1-9H,10H2/b8-7+. The van der Waals surface area contributed by atoms with E-state index in [1.54, 1.807) is 0 Å². The Morgan fingerprint density at radius 3 is 2.53 bits per heavy atom. The Balaban J connectivity index is 2.00. The Hall–Kier alpha value is -1.58. The van der Waals surface area contributed by atoms with Gasteiger partial charge in [0.25, 0.3) is 9.05 Å². The summed E-state index contributed by atoms with van der Waals surface area (Å²) in [6.07, 6.45) is 2.41. The van der Waals surface area contributed by atoms with Gasteiger partial charge in [0.1, 0.15) is 0 Å². The Kier molecular flexibility index (Phi) is 2.96. The van der Waals surface area contributed by atoms with Crippen molar-refractivity contribution in [3.63, 3.8) is 0 Å². The molecule has 96 valence electrons. The highest BCUT2D eigenvalue weighted by Crippen LogP contribution is 2.36. The molecule has 2 aromatic carbocycles. The topological polar surface area (TPSA) is 34.1 Å². The molecule has 0 fully saturated rings. The van der Waals surface area contributed by atoms with E-state index in [4.69, 9.17) is 10.7 Å². The second-order valence-corrected chi connectivity index (χ2v) is 7.04. The first-order valence-corrected chi connectivity index (χ1v) is 8.24. The van der Waals surface area contributed by atoms with Crippen molar-refractivity contribution in [2.24, 2.45) is 0 Å². The molecule has 0 aromatic heterocycles. The van der Waals surface area contributed by atoms with Crippen molar-refractivity contribution >= 4 is 25.8 Å². The second kappa shape index (κ2) is 4.51. The molecule has 0 saturated heterocycles. The van der Waals surface area contributed by atoms with Gasteiger partial charge in [-0.25, -0.2) is 8.42 Å². The summed E-state index contributed by atoms with van der Waals surface area (Å²) in [7, 11) is 1.56. The predicted molar refractivity (Wildman–Crippen MR) is 78.5 cm³/mol. The fourth-order valence-electron chi connectivity index (χ4n) is 2.43. The molecule has 0 radical (unpaired) electrons. The van der Waals surface area contributed by atoms with Crippen LogP contribution in [0.4, 0.5) is 0 Å². The highest BCUT2D eigenvalue weighted by molar-refractivity contribution is 8.16. The van der Waals surface area contributed by atoms with Gasteiger partial charge in [0.15, 0.2) is 0 Å². The largest absolute Gasteiger partial charge is 0.254 e. The van der Waals surface area contributed by atoms with Crippen molar-refractivity contribution in [2.75, 3.05) is 0 Å². The van der Waals surface area contributed by atoms with Gasteiger partial charge in [0, 0.05) is 16.1 Å². The Labute approximate surface area is 116 Å². The molecule has 0 unspecified atom stereocenters. The van der Waals surface area contributed by atoms with E-state index in [9.17, 15) is 8.42 Å². The summed E-state index contributed by atoms with van der Waals surface area (Å²) in [5, 5.41) is 1.01. The summed E-state index contributed by atoms with van der Waals surface area (Å²) in [6.45, 7) is 0. The summed E-state index contributed by atoms with van der Waals surface area (Å²) in [6, 6.07) is 14.2. The SMILES string of the molecule is O=S(=O)(Cl)/C=C/c1ccc2c(c1)Cc1ccccc1-2. The van der Waals surface area contributed by atoms with Crippen molar-refractivity contribution in [3.05, 3.63) is 64.6 Å². The number of rotatable bonds is 2. The van der Waals surface area contributed by atoms with E-state index in [0.717, 1.165) is 17.4 Å². The molecule has 4 heteroatoms. The van der Waals surface area contributed by atoms with Gasteiger partial charge in [-0.2, -0.15) is 0 Å². The number of benzene rings is 2. The summed E-state index contributed by atoms with van der Waals surface area (Å²) in [5.74, 6) is 0. The summed E-state index contributed by atoms with van der Waals surface area (Å²) in [5.41, 5.74) is 5.86. The first kappa shape index (κ1) is 12.5. The Morgan fingerprint density at radius 1 is 1.00 bits per heavy atom. The van der Waals surface area contributed by atoms with Gasteiger partial charge in [-0.3, -0.25) is 0 Å². The highest BCUT2D eigenvalue weighted by atomic mass is 35.7. The molecule has 1 aliphatic carbocycles. The zero-order valence-electron chi connectivity index (χ0n) is 10.0. The third kappa shape index (κ3) is 2.57. The maximum absolute atomic E-state index is 10.9. The van der Waals surface area contributed by atoms with Gasteiger partial charge >= 0.3 is 0 Å². The smallest absolute Gasteiger partial charge is 0.208 e. The highest BCUT2D eigenvalue weighted by Gasteiger charge is 2.17. The van der Waals surface area contributed by atoms with E-state index in [1.165, 1.54) is 28.3 Å². The molecule has 1 aliphatic rings. The van der Waals surface area contributed by atoms with E-state index in [2.05, 4.69) is 12.1 Å². The van der Waals surface area contributed by atoms with Crippen LogP contribution in [0.3, 0.4) is 0 Å². The van der Waals surface area contributed by atoms with E-state index < -0.39 is 9.05 Å². The van der Waals surface area contributed by atoms with Crippen molar-refractivity contribution in [2.45, 2.75) is 6.42 Å². The van der Waals surface area contributed by atoms with Crippen LogP contribution in [0.15, 0.2) is 47.9 Å². The van der Waals surface area contributed by atoms with E-state index in [0.29, 0.717) is 0 Å². The Bertz CT molecular complexity index is 776. The van der Waals surface area contributed by atoms with Gasteiger partial charge in [-0.05, 0) is 40.3 Å². The molecule has 0 atom stereocenters. The van der Waals surface area contributed by atoms with Crippen LogP contribution in [-0.2, 0) is 15.5 Å².